The molecule has 49 heavy (non-hydrogen) atoms. The molecule has 2 aliphatic carbocycles. The van der Waals surface area contributed by atoms with E-state index in [1.165, 1.54) is 6.08 Å². The molecule has 2 saturated heterocycles. The minimum absolute atomic E-state index is 0.0760. The number of aryl methyl sites for hydroxylation is 1. The lowest BCUT2D eigenvalue weighted by molar-refractivity contribution is -0.125. The van der Waals surface area contributed by atoms with Gasteiger partial charge in [0.1, 0.15) is 5.69 Å². The summed E-state index contributed by atoms with van der Waals surface area (Å²) in [5.41, 5.74) is -0.727. The maximum absolute atomic E-state index is 15.1. The van der Waals surface area contributed by atoms with Crippen LogP contribution in [0.1, 0.15) is 36.8 Å². The quantitative estimate of drug-likeness (QED) is 0.0823. The Bertz CT molecular complexity index is 2030. The van der Waals surface area contributed by atoms with Crippen LogP contribution in [0.5, 0.6) is 5.75 Å². The SMILES string of the molecule is CCc1ccc(N2C(=O)[C@H]3[C@H](CC=C4[C@H]3C[C@@]3(Cl)C(=O)N(c5c(F)c(F)c(F)c(F)c5F)C(=O)[C@@]3(Cl)[C@H]4c3ccc(O)c(F)c3)C2=O)cc1. The number of carbonyl (C=O) groups excluding carboxylic acids is 4. The number of halogens is 8. The summed E-state index contributed by atoms with van der Waals surface area (Å²) in [4.78, 5) is 51.4. The molecule has 0 radical (unpaired) electrons. The van der Waals surface area contributed by atoms with Crippen molar-refractivity contribution in [1.82, 2.24) is 0 Å². The van der Waals surface area contributed by atoms with Gasteiger partial charge in [-0.1, -0.05) is 36.8 Å². The highest BCUT2D eigenvalue weighted by Crippen LogP contribution is 2.66. The number of hydrogen-bond donors (Lipinski definition) is 1. The van der Waals surface area contributed by atoms with E-state index >= 15 is 8.78 Å². The van der Waals surface area contributed by atoms with Crippen molar-refractivity contribution in [2.45, 2.75) is 41.9 Å². The molecule has 0 aromatic heterocycles. The minimum atomic E-state index is -2.80. The number of imide groups is 2. The van der Waals surface area contributed by atoms with Crippen molar-refractivity contribution in [2.75, 3.05) is 9.80 Å². The van der Waals surface area contributed by atoms with Crippen molar-refractivity contribution in [3.63, 3.8) is 0 Å². The Hall–Kier alpha value is -4.36. The summed E-state index contributed by atoms with van der Waals surface area (Å²) >= 11 is 14.0. The second kappa shape index (κ2) is 11.1. The van der Waals surface area contributed by atoms with Crippen LogP contribution in [-0.4, -0.2) is 38.5 Å². The van der Waals surface area contributed by atoms with E-state index in [1.807, 2.05) is 6.92 Å². The molecule has 0 unspecified atom stereocenters. The molecule has 3 fully saturated rings. The first-order chi connectivity index (χ1) is 23.1. The minimum Gasteiger partial charge on any atom is -0.505 e. The molecule has 15 heteroatoms. The highest BCUT2D eigenvalue weighted by Gasteiger charge is 2.77. The van der Waals surface area contributed by atoms with Crippen LogP contribution in [0.3, 0.4) is 0 Å². The molecule has 3 aromatic rings. The first-order valence-corrected chi connectivity index (χ1v) is 15.8. The van der Waals surface area contributed by atoms with E-state index in [9.17, 15) is 41.8 Å². The summed E-state index contributed by atoms with van der Waals surface area (Å²) in [5.74, 6) is -24.1. The molecule has 4 aliphatic rings. The number of anilines is 2. The lowest BCUT2D eigenvalue weighted by Gasteiger charge is -2.50. The smallest absolute Gasteiger partial charge is 0.258 e. The fourth-order valence-corrected chi connectivity index (χ4v) is 8.71. The fraction of sp³-hybridized carbons (Fsp3) is 0.294. The van der Waals surface area contributed by atoms with Crippen molar-refractivity contribution in [1.29, 1.82) is 0 Å². The van der Waals surface area contributed by atoms with Gasteiger partial charge >= 0.3 is 0 Å². The number of alkyl halides is 2. The second-order valence-electron chi connectivity index (χ2n) is 12.4. The molecular formula is C34H22Cl2F6N2O5. The zero-order valence-electron chi connectivity index (χ0n) is 25.0. The van der Waals surface area contributed by atoms with E-state index in [0.29, 0.717) is 6.42 Å². The predicted molar refractivity (Wildman–Crippen MR) is 163 cm³/mol. The highest BCUT2D eigenvalue weighted by atomic mass is 35.5. The third kappa shape index (κ3) is 4.24. The van der Waals surface area contributed by atoms with Gasteiger partial charge in [0.25, 0.3) is 11.8 Å². The highest BCUT2D eigenvalue weighted by molar-refractivity contribution is 6.58. The number of hydrogen-bond acceptors (Lipinski definition) is 5. The average Bonchev–Trinajstić information content (AvgIpc) is 3.42. The molecule has 1 saturated carbocycles. The van der Waals surface area contributed by atoms with Gasteiger partial charge in [-0.15, -0.1) is 23.2 Å². The van der Waals surface area contributed by atoms with Gasteiger partial charge in [-0.25, -0.2) is 31.2 Å². The summed E-state index contributed by atoms with van der Waals surface area (Å²) in [5, 5.41) is 9.90. The Morgan fingerprint density at radius 1 is 0.796 bits per heavy atom. The number of allylic oxidation sites excluding steroid dienone is 2. The summed E-state index contributed by atoms with van der Waals surface area (Å²) in [6.07, 6.45) is 1.41. The van der Waals surface area contributed by atoms with Gasteiger partial charge in [-0.05, 0) is 60.6 Å². The van der Waals surface area contributed by atoms with Crippen molar-refractivity contribution in [3.8, 4) is 5.75 Å². The standard InChI is InChI=1S/C34H22Cl2F6N2O5/c1-2-13-3-6-15(7-4-13)43-29(46)17-9-8-16-18(21(17)30(43)47)12-33(35)31(48)44(28-26(41)24(39)23(38)25(40)27(28)42)32(49)34(33,36)22(16)14-5-10-20(45)19(37)11-14/h3-8,10-11,17-18,21-22,45H,2,9,12H2,1H3/t17-,18+,21-,22-,33+,34-/m0/s1. The molecule has 3 aromatic carbocycles. The maximum Gasteiger partial charge on any atom is 0.258 e. The number of phenolic OH excluding ortho intramolecular Hbond substituents is 1. The van der Waals surface area contributed by atoms with Crippen molar-refractivity contribution < 1.29 is 50.6 Å². The number of rotatable bonds is 4. The van der Waals surface area contributed by atoms with Crippen molar-refractivity contribution in [3.05, 3.63) is 100 Å². The fourth-order valence-electron chi connectivity index (χ4n) is 7.78. The van der Waals surface area contributed by atoms with Crippen LogP contribution in [0.4, 0.5) is 37.7 Å². The molecule has 6 atom stereocenters. The molecule has 4 amide bonds. The lowest BCUT2D eigenvalue weighted by atomic mass is 9.56. The number of fused-ring (bicyclic) bond motifs is 4. The normalized spacial score (nSPS) is 29.3. The summed E-state index contributed by atoms with van der Waals surface area (Å²) in [6, 6.07) is 9.49. The van der Waals surface area contributed by atoms with E-state index in [-0.39, 0.29) is 28.1 Å². The van der Waals surface area contributed by atoms with Crippen molar-refractivity contribution >= 4 is 58.2 Å². The maximum atomic E-state index is 15.1. The van der Waals surface area contributed by atoms with Crippen molar-refractivity contribution in [2.24, 2.45) is 17.8 Å². The van der Waals surface area contributed by atoms with Crippen LogP contribution in [0, 0.1) is 52.7 Å². The second-order valence-corrected chi connectivity index (χ2v) is 13.7. The Morgan fingerprint density at radius 3 is 2.00 bits per heavy atom. The van der Waals surface area contributed by atoms with E-state index in [0.717, 1.165) is 28.7 Å². The zero-order chi connectivity index (χ0) is 35.5. The molecule has 1 N–H and O–H groups in total. The predicted octanol–water partition coefficient (Wildman–Crippen LogP) is 6.56. The molecule has 2 heterocycles. The van der Waals surface area contributed by atoms with Crippen LogP contribution in [0.15, 0.2) is 54.1 Å². The molecule has 0 bridgehead atoms. The van der Waals surface area contributed by atoms with Gasteiger partial charge in [-0.2, -0.15) is 0 Å². The molecule has 7 rings (SSSR count). The number of phenols is 1. The van der Waals surface area contributed by atoms with Crippen LogP contribution in [0.25, 0.3) is 0 Å². The van der Waals surface area contributed by atoms with E-state index in [4.69, 9.17) is 23.2 Å². The average molecular weight is 723 g/mol. The monoisotopic (exact) mass is 722 g/mol. The Kier molecular flexibility index (Phi) is 7.49. The summed E-state index contributed by atoms with van der Waals surface area (Å²) in [7, 11) is 0. The van der Waals surface area contributed by atoms with E-state index in [2.05, 4.69) is 0 Å². The first-order valence-electron chi connectivity index (χ1n) is 15.0. The van der Waals surface area contributed by atoms with E-state index < -0.39 is 110 Å². The van der Waals surface area contributed by atoms with Crippen LogP contribution in [-0.2, 0) is 25.6 Å². The van der Waals surface area contributed by atoms with Gasteiger partial charge < -0.3 is 5.11 Å². The first kappa shape index (κ1) is 33.2. The molecule has 2 aliphatic heterocycles. The van der Waals surface area contributed by atoms with Gasteiger partial charge in [-0.3, -0.25) is 24.1 Å². The number of nitrogens with zero attached hydrogens (tertiary/aromatic N) is 2. The van der Waals surface area contributed by atoms with Crippen LogP contribution >= 0.6 is 23.2 Å². The Balaban J connectivity index is 1.42. The largest absolute Gasteiger partial charge is 0.505 e. The van der Waals surface area contributed by atoms with Crippen LogP contribution < -0.4 is 9.80 Å². The van der Waals surface area contributed by atoms with Gasteiger partial charge in [0.15, 0.2) is 44.6 Å². The third-order valence-electron chi connectivity index (χ3n) is 10.1. The summed E-state index contributed by atoms with van der Waals surface area (Å²) in [6.45, 7) is 1.92. The van der Waals surface area contributed by atoms with Crippen LogP contribution in [0.2, 0.25) is 0 Å². The van der Waals surface area contributed by atoms with Gasteiger partial charge in [0, 0.05) is 5.92 Å². The number of benzene rings is 3. The topological polar surface area (TPSA) is 95.0 Å². The van der Waals surface area contributed by atoms with Gasteiger partial charge in [0.05, 0.1) is 17.5 Å². The number of carbonyl (C=O) groups is 4. The third-order valence-corrected chi connectivity index (χ3v) is 11.5. The number of amides is 4. The zero-order valence-corrected chi connectivity index (χ0v) is 26.6. The number of aromatic hydroxyl groups is 1. The molecular weight excluding hydrogens is 701 g/mol. The molecule has 7 nitrogen and oxygen atoms in total. The Labute approximate surface area is 283 Å². The van der Waals surface area contributed by atoms with Gasteiger partial charge in [0.2, 0.25) is 17.6 Å². The summed E-state index contributed by atoms with van der Waals surface area (Å²) < 4.78 is 87.8. The lowest BCUT2D eigenvalue weighted by Crippen LogP contribution is -2.60. The van der Waals surface area contributed by atoms with E-state index in [1.54, 1.807) is 24.3 Å². The Morgan fingerprint density at radius 2 is 1.41 bits per heavy atom. The molecule has 254 valence electrons. The molecule has 0 spiro atoms.